The number of likely N-dealkylation sites (tertiary alicyclic amines) is 1. The van der Waals surface area contributed by atoms with Gasteiger partial charge < -0.3 is 19.8 Å². The molecular formula is C18H21N3O7S. The van der Waals surface area contributed by atoms with Crippen molar-refractivity contribution in [2.75, 3.05) is 19.3 Å². The Morgan fingerprint density at radius 3 is 2.38 bits per heavy atom. The van der Waals surface area contributed by atoms with Gasteiger partial charge >= 0.3 is 6.09 Å². The Balaban J connectivity index is 1.83. The molecule has 1 aliphatic heterocycles. The first-order valence-corrected chi connectivity index (χ1v) is 10.8. The molecule has 0 unspecified atom stereocenters. The lowest BCUT2D eigenvalue weighted by Crippen LogP contribution is -2.41. The second-order valence-corrected chi connectivity index (χ2v) is 8.73. The van der Waals surface area contributed by atoms with Gasteiger partial charge in [-0.25, -0.2) is 13.2 Å². The van der Waals surface area contributed by atoms with Gasteiger partial charge in [0.15, 0.2) is 15.6 Å². The number of benzene rings is 1. The molecule has 11 heteroatoms. The number of ether oxygens (including phenoxy) is 1. The maximum Gasteiger partial charge on any atom is 0.407 e. The second kappa shape index (κ2) is 8.21. The van der Waals surface area contributed by atoms with E-state index in [4.69, 9.17) is 9.84 Å². The zero-order valence-corrected chi connectivity index (χ0v) is 16.5. The number of rotatable bonds is 5. The van der Waals surface area contributed by atoms with E-state index in [2.05, 4.69) is 5.10 Å². The first-order valence-electron chi connectivity index (χ1n) is 8.88. The van der Waals surface area contributed by atoms with Crippen LogP contribution in [0, 0.1) is 0 Å². The van der Waals surface area contributed by atoms with Crippen LogP contribution in [-0.4, -0.2) is 64.9 Å². The van der Waals surface area contributed by atoms with Gasteiger partial charge in [0, 0.05) is 38.3 Å². The highest BCUT2D eigenvalue weighted by molar-refractivity contribution is 7.90. The lowest BCUT2D eigenvalue weighted by Gasteiger charge is -2.30. The highest BCUT2D eigenvalue weighted by atomic mass is 32.2. The Morgan fingerprint density at radius 2 is 1.86 bits per heavy atom. The molecule has 1 saturated heterocycles. The molecule has 1 aromatic heterocycles. The highest BCUT2D eigenvalue weighted by Crippen LogP contribution is 2.21. The van der Waals surface area contributed by atoms with Gasteiger partial charge in [0.25, 0.3) is 5.56 Å². The van der Waals surface area contributed by atoms with Crippen LogP contribution in [0.15, 0.2) is 40.0 Å². The van der Waals surface area contributed by atoms with Crippen LogP contribution in [0.3, 0.4) is 0 Å². The third-order valence-electron chi connectivity index (χ3n) is 4.63. The first-order chi connectivity index (χ1) is 13.7. The van der Waals surface area contributed by atoms with Gasteiger partial charge in [0.1, 0.15) is 11.8 Å². The summed E-state index contributed by atoms with van der Waals surface area (Å²) in [5.41, 5.74) is -0.0110. The third kappa shape index (κ3) is 4.74. The van der Waals surface area contributed by atoms with Crippen molar-refractivity contribution in [3.05, 3.63) is 46.4 Å². The van der Waals surface area contributed by atoms with E-state index < -0.39 is 28.1 Å². The van der Waals surface area contributed by atoms with Gasteiger partial charge in [-0.15, -0.1) is 0 Å². The molecule has 1 fully saturated rings. The molecule has 2 aromatic rings. The summed E-state index contributed by atoms with van der Waals surface area (Å²) in [6.45, 7) is 0.183. The maximum atomic E-state index is 12.5. The summed E-state index contributed by atoms with van der Waals surface area (Å²) in [7, 11) is -3.37. The van der Waals surface area contributed by atoms with E-state index in [1.54, 1.807) is 0 Å². The van der Waals surface area contributed by atoms with Crippen LogP contribution >= 0.6 is 0 Å². The number of aromatic nitrogens is 2. The smallest absolute Gasteiger partial charge is 0.407 e. The van der Waals surface area contributed by atoms with E-state index in [1.807, 2.05) is 0 Å². The summed E-state index contributed by atoms with van der Waals surface area (Å²) < 4.78 is 30.0. The van der Waals surface area contributed by atoms with E-state index in [0.717, 1.165) is 10.9 Å². The number of sulfone groups is 1. The van der Waals surface area contributed by atoms with Crippen molar-refractivity contribution in [2.45, 2.75) is 30.4 Å². The number of piperidine rings is 1. The summed E-state index contributed by atoms with van der Waals surface area (Å²) >= 11 is 0. The lowest BCUT2D eigenvalue weighted by molar-refractivity contribution is 0.0874. The Bertz CT molecular complexity index is 1060. The molecule has 1 aromatic carbocycles. The number of hydrogen-bond acceptors (Lipinski definition) is 7. The van der Waals surface area contributed by atoms with Gasteiger partial charge in [0.05, 0.1) is 17.2 Å². The Hall–Kier alpha value is -2.92. The number of hydrogen-bond donors (Lipinski definition) is 2. The molecule has 29 heavy (non-hydrogen) atoms. The molecular weight excluding hydrogens is 402 g/mol. The molecule has 1 amide bonds. The summed E-state index contributed by atoms with van der Waals surface area (Å²) in [5.74, 6) is 0.148. The minimum atomic E-state index is -3.37. The van der Waals surface area contributed by atoms with Crippen molar-refractivity contribution in [3.63, 3.8) is 0 Å². The van der Waals surface area contributed by atoms with E-state index in [-0.39, 0.29) is 22.4 Å². The largest absolute Gasteiger partial charge is 0.488 e. The van der Waals surface area contributed by atoms with Crippen molar-refractivity contribution < 1.29 is 28.2 Å². The van der Waals surface area contributed by atoms with Crippen molar-refractivity contribution >= 4 is 15.9 Å². The normalized spacial score (nSPS) is 15.3. The fourth-order valence-electron chi connectivity index (χ4n) is 3.05. The number of carbonyl (C=O) groups is 1. The number of nitrogens with zero attached hydrogens (tertiary/aromatic N) is 3. The van der Waals surface area contributed by atoms with Gasteiger partial charge in [-0.2, -0.15) is 9.78 Å². The predicted octanol–water partition coefficient (Wildman–Crippen LogP) is 0.649. The van der Waals surface area contributed by atoms with E-state index in [1.165, 1.54) is 35.2 Å². The molecule has 10 nitrogen and oxygen atoms in total. The summed E-state index contributed by atoms with van der Waals surface area (Å²) in [5, 5.41) is 22.8. The van der Waals surface area contributed by atoms with Crippen molar-refractivity contribution in [1.82, 2.24) is 14.7 Å². The first kappa shape index (κ1) is 20.8. The molecule has 0 radical (unpaired) electrons. The van der Waals surface area contributed by atoms with Crippen LogP contribution in [-0.2, 0) is 16.4 Å². The Morgan fingerprint density at radius 1 is 1.24 bits per heavy atom. The molecule has 2 heterocycles. The number of aliphatic hydroxyl groups excluding tert-OH is 1. The van der Waals surface area contributed by atoms with Gasteiger partial charge in [0.2, 0.25) is 0 Å². The van der Waals surface area contributed by atoms with Crippen LogP contribution < -0.4 is 10.3 Å². The van der Waals surface area contributed by atoms with Crippen LogP contribution in [0.25, 0.3) is 5.69 Å². The average molecular weight is 423 g/mol. The standard InChI is InChI=1S/C18H21N3O7S/c1-29(26,27)14-4-2-12(3-5-14)21-17(23)10-16(15(11-22)19-21)28-13-6-8-20(9-7-13)18(24)25/h2-5,10,13,22H,6-9,11H2,1H3,(H,24,25). The monoisotopic (exact) mass is 423 g/mol. The van der Waals surface area contributed by atoms with Crippen LogP contribution in [0.4, 0.5) is 4.79 Å². The molecule has 1 aliphatic rings. The predicted molar refractivity (Wildman–Crippen MR) is 102 cm³/mol. The molecule has 0 bridgehead atoms. The molecule has 156 valence electrons. The number of amides is 1. The molecule has 2 N–H and O–H groups in total. The van der Waals surface area contributed by atoms with Crippen molar-refractivity contribution in [3.8, 4) is 11.4 Å². The minimum absolute atomic E-state index is 0.115. The average Bonchev–Trinajstić information content (AvgIpc) is 2.68. The molecule has 0 spiro atoms. The summed E-state index contributed by atoms with van der Waals surface area (Å²) in [6.07, 6.45) is 0.747. The summed E-state index contributed by atoms with van der Waals surface area (Å²) in [6, 6.07) is 6.87. The van der Waals surface area contributed by atoms with Crippen molar-refractivity contribution in [2.24, 2.45) is 0 Å². The maximum absolute atomic E-state index is 12.5. The van der Waals surface area contributed by atoms with E-state index in [0.29, 0.717) is 31.6 Å². The van der Waals surface area contributed by atoms with Crippen LogP contribution in [0.1, 0.15) is 18.5 Å². The Labute approximate surface area is 166 Å². The Kier molecular flexibility index (Phi) is 5.89. The number of carboxylic acid groups (broad SMARTS) is 1. The quantitative estimate of drug-likeness (QED) is 0.715. The zero-order chi connectivity index (χ0) is 21.2. The third-order valence-corrected chi connectivity index (χ3v) is 5.76. The lowest BCUT2D eigenvalue weighted by atomic mass is 10.1. The molecule has 0 atom stereocenters. The fraction of sp³-hybridized carbons (Fsp3) is 0.389. The summed E-state index contributed by atoms with van der Waals surface area (Å²) in [4.78, 5) is 24.9. The highest BCUT2D eigenvalue weighted by Gasteiger charge is 2.24. The molecule has 0 saturated carbocycles. The zero-order valence-electron chi connectivity index (χ0n) is 15.7. The topological polar surface area (TPSA) is 139 Å². The van der Waals surface area contributed by atoms with Gasteiger partial charge in [-0.1, -0.05) is 0 Å². The van der Waals surface area contributed by atoms with E-state index >= 15 is 0 Å². The molecule has 0 aliphatic carbocycles. The second-order valence-electron chi connectivity index (χ2n) is 6.72. The van der Waals surface area contributed by atoms with Gasteiger partial charge in [-0.3, -0.25) is 4.79 Å². The van der Waals surface area contributed by atoms with Crippen LogP contribution in [0.5, 0.6) is 5.75 Å². The fourth-order valence-corrected chi connectivity index (χ4v) is 3.68. The minimum Gasteiger partial charge on any atom is -0.488 e. The van der Waals surface area contributed by atoms with Crippen molar-refractivity contribution in [1.29, 1.82) is 0 Å². The molecule has 3 rings (SSSR count). The van der Waals surface area contributed by atoms with Crippen LogP contribution in [0.2, 0.25) is 0 Å². The van der Waals surface area contributed by atoms with Gasteiger partial charge in [-0.05, 0) is 24.3 Å². The van der Waals surface area contributed by atoms with E-state index in [9.17, 15) is 23.1 Å². The number of aliphatic hydroxyl groups is 1. The SMILES string of the molecule is CS(=O)(=O)c1ccc(-n2nc(CO)c(OC3CCN(C(=O)O)CC3)cc2=O)cc1.